The minimum absolute atomic E-state index is 0.0683. The lowest BCUT2D eigenvalue weighted by Crippen LogP contribution is -2.40. The second-order valence-corrected chi connectivity index (χ2v) is 13.8. The van der Waals surface area contributed by atoms with Gasteiger partial charge in [-0.1, -0.05) is 64.1 Å². The molecule has 254 valence electrons. The number of unbranched alkanes of at least 4 members (excludes halogenated alkanes) is 1. The molecule has 6 nitrogen and oxygen atoms in total. The summed E-state index contributed by atoms with van der Waals surface area (Å²) < 4.78 is 0. The number of carbonyl (C=O) groups excluding carboxylic acids is 2. The molecule has 0 spiro atoms. The summed E-state index contributed by atoms with van der Waals surface area (Å²) >= 11 is 0. The summed E-state index contributed by atoms with van der Waals surface area (Å²) in [6.07, 6.45) is 3.96. The second-order valence-electron chi connectivity index (χ2n) is 13.8. The predicted molar refractivity (Wildman–Crippen MR) is 204 cm³/mol. The van der Waals surface area contributed by atoms with Crippen molar-refractivity contribution >= 4 is 45.9 Å². The normalized spacial score (nSPS) is 12.4. The largest absolute Gasteiger partial charge is 0.356 e. The minimum Gasteiger partial charge on any atom is -0.356 e. The van der Waals surface area contributed by atoms with Crippen LogP contribution in [0.25, 0.3) is 0 Å². The molecular formula is C42H54N4O2. The number of nitrogens with zero attached hydrogens (tertiary/aromatic N) is 2. The Hall–Kier alpha value is -4.58. The first-order valence-corrected chi connectivity index (χ1v) is 17.6. The summed E-state index contributed by atoms with van der Waals surface area (Å²) in [6.45, 7) is 13.0. The highest BCUT2D eigenvalue weighted by molar-refractivity contribution is 5.95. The standard InChI is InChI=1S/C42H54N4O2/c1-31(2)29-33(5)45(39-25-21-37(22-26-39)43-35-15-9-7-10-16-35)41(47)19-13-14-20-42(48)46(34(6)30-32(3)4)40-27-23-38(24-28-40)44-36-17-11-8-12-18-36/h7-12,15-18,21-28,31-34,43-44H,13-14,19-20,29-30H2,1-6H3. The molecule has 48 heavy (non-hydrogen) atoms. The fourth-order valence-electron chi connectivity index (χ4n) is 6.44. The molecule has 0 aliphatic heterocycles. The first-order valence-electron chi connectivity index (χ1n) is 17.6. The van der Waals surface area contributed by atoms with Crippen LogP contribution in [0.3, 0.4) is 0 Å². The van der Waals surface area contributed by atoms with Gasteiger partial charge in [-0.3, -0.25) is 9.59 Å². The number of amides is 2. The zero-order chi connectivity index (χ0) is 34.5. The van der Waals surface area contributed by atoms with Gasteiger partial charge in [-0.2, -0.15) is 0 Å². The minimum atomic E-state index is 0.0683. The molecule has 6 heteroatoms. The topological polar surface area (TPSA) is 64.7 Å². The number of hydrogen-bond acceptors (Lipinski definition) is 4. The van der Waals surface area contributed by atoms with Gasteiger partial charge in [0.2, 0.25) is 11.8 Å². The third-order valence-electron chi connectivity index (χ3n) is 8.49. The summed E-state index contributed by atoms with van der Waals surface area (Å²) in [4.78, 5) is 31.4. The molecule has 0 fully saturated rings. The third kappa shape index (κ3) is 11.0. The molecule has 0 saturated carbocycles. The quantitative estimate of drug-likeness (QED) is 0.112. The number of carbonyl (C=O) groups is 2. The second kappa shape index (κ2) is 18.1. The van der Waals surface area contributed by atoms with E-state index in [4.69, 9.17) is 0 Å². The van der Waals surface area contributed by atoms with Crippen LogP contribution in [-0.4, -0.2) is 23.9 Å². The summed E-state index contributed by atoms with van der Waals surface area (Å²) in [6, 6.07) is 36.5. The van der Waals surface area contributed by atoms with Gasteiger partial charge >= 0.3 is 0 Å². The van der Waals surface area contributed by atoms with Crippen molar-refractivity contribution in [3.05, 3.63) is 109 Å². The molecule has 2 unspecified atom stereocenters. The van der Waals surface area contributed by atoms with Crippen LogP contribution >= 0.6 is 0 Å². The van der Waals surface area contributed by atoms with Crippen LogP contribution in [0.4, 0.5) is 34.1 Å². The van der Waals surface area contributed by atoms with Crippen molar-refractivity contribution in [3.8, 4) is 0 Å². The number of benzene rings is 4. The zero-order valence-electron chi connectivity index (χ0n) is 29.7. The molecule has 2 atom stereocenters. The lowest BCUT2D eigenvalue weighted by Gasteiger charge is -2.31. The first-order chi connectivity index (χ1) is 23.1. The molecule has 0 saturated heterocycles. The summed E-state index contributed by atoms with van der Waals surface area (Å²) in [5.74, 6) is 1.14. The fourth-order valence-corrected chi connectivity index (χ4v) is 6.44. The molecule has 2 amide bonds. The van der Waals surface area contributed by atoms with Gasteiger partial charge in [0, 0.05) is 59.0 Å². The van der Waals surface area contributed by atoms with E-state index in [0.29, 0.717) is 37.5 Å². The molecular weight excluding hydrogens is 592 g/mol. The highest BCUT2D eigenvalue weighted by Crippen LogP contribution is 2.28. The van der Waals surface area contributed by atoms with Gasteiger partial charge < -0.3 is 20.4 Å². The van der Waals surface area contributed by atoms with E-state index in [0.717, 1.165) is 47.0 Å². The average molecular weight is 647 g/mol. The lowest BCUT2D eigenvalue weighted by atomic mass is 10.0. The van der Waals surface area contributed by atoms with Crippen molar-refractivity contribution in [1.29, 1.82) is 0 Å². The van der Waals surface area contributed by atoms with Crippen molar-refractivity contribution < 1.29 is 9.59 Å². The molecule has 4 aromatic rings. The van der Waals surface area contributed by atoms with Crippen molar-refractivity contribution in [2.24, 2.45) is 11.8 Å². The number of rotatable bonds is 17. The van der Waals surface area contributed by atoms with Crippen molar-refractivity contribution in [2.75, 3.05) is 20.4 Å². The summed E-state index contributed by atoms with van der Waals surface area (Å²) in [5, 5.41) is 6.84. The average Bonchev–Trinajstić information content (AvgIpc) is 3.05. The van der Waals surface area contributed by atoms with Crippen LogP contribution in [0.1, 0.15) is 80.1 Å². The van der Waals surface area contributed by atoms with Crippen molar-refractivity contribution in [3.63, 3.8) is 0 Å². The molecule has 0 aromatic heterocycles. The van der Waals surface area contributed by atoms with Crippen LogP contribution in [0.15, 0.2) is 109 Å². The molecule has 2 N–H and O–H groups in total. The Morgan fingerprint density at radius 3 is 1.10 bits per heavy atom. The van der Waals surface area contributed by atoms with Gasteiger partial charge in [0.05, 0.1) is 0 Å². The predicted octanol–water partition coefficient (Wildman–Crippen LogP) is 11.0. The number of nitrogens with one attached hydrogen (secondary N) is 2. The van der Waals surface area contributed by atoms with Gasteiger partial charge in [0.1, 0.15) is 0 Å². The highest BCUT2D eigenvalue weighted by Gasteiger charge is 2.25. The Morgan fingerprint density at radius 1 is 0.479 bits per heavy atom. The number of anilines is 6. The van der Waals surface area contributed by atoms with Crippen LogP contribution in [0.2, 0.25) is 0 Å². The smallest absolute Gasteiger partial charge is 0.227 e. The van der Waals surface area contributed by atoms with Crippen molar-refractivity contribution in [2.45, 2.75) is 92.2 Å². The van der Waals surface area contributed by atoms with E-state index in [1.165, 1.54) is 0 Å². The van der Waals surface area contributed by atoms with E-state index in [2.05, 4.69) is 52.2 Å². The molecule has 0 aliphatic carbocycles. The molecule has 0 aliphatic rings. The summed E-state index contributed by atoms with van der Waals surface area (Å²) in [7, 11) is 0. The molecule has 4 rings (SSSR count). The third-order valence-corrected chi connectivity index (χ3v) is 8.49. The van der Waals surface area contributed by atoms with E-state index < -0.39 is 0 Å². The monoisotopic (exact) mass is 646 g/mol. The SMILES string of the molecule is CC(C)CC(C)N(C(=O)CCCCC(=O)N(c1ccc(Nc2ccccc2)cc1)C(C)CC(C)C)c1ccc(Nc2ccccc2)cc1. The maximum Gasteiger partial charge on any atom is 0.227 e. The van der Waals surface area contributed by atoms with Crippen LogP contribution in [0, 0.1) is 11.8 Å². The van der Waals surface area contributed by atoms with Gasteiger partial charge in [0.25, 0.3) is 0 Å². The van der Waals surface area contributed by atoms with Crippen molar-refractivity contribution in [1.82, 2.24) is 0 Å². The van der Waals surface area contributed by atoms with Crippen LogP contribution in [-0.2, 0) is 9.59 Å². The van der Waals surface area contributed by atoms with Gasteiger partial charge in [-0.25, -0.2) is 0 Å². The molecule has 0 bridgehead atoms. The Bertz CT molecular complexity index is 1420. The number of para-hydroxylation sites is 2. The maximum atomic E-state index is 13.7. The van der Waals surface area contributed by atoms with Crippen LogP contribution < -0.4 is 20.4 Å². The highest BCUT2D eigenvalue weighted by atomic mass is 16.2. The van der Waals surface area contributed by atoms with Crippen LogP contribution in [0.5, 0.6) is 0 Å². The van der Waals surface area contributed by atoms with E-state index in [1.54, 1.807) is 0 Å². The van der Waals surface area contributed by atoms with Gasteiger partial charge in [-0.15, -0.1) is 0 Å². The Labute approximate surface area is 288 Å². The van der Waals surface area contributed by atoms with E-state index >= 15 is 0 Å². The molecule has 0 heterocycles. The first kappa shape index (κ1) is 36.3. The summed E-state index contributed by atoms with van der Waals surface area (Å²) in [5.41, 5.74) is 5.81. The van der Waals surface area contributed by atoms with E-state index in [-0.39, 0.29) is 23.9 Å². The lowest BCUT2D eigenvalue weighted by molar-refractivity contribution is -0.121. The Kier molecular flexibility index (Phi) is 13.7. The Morgan fingerprint density at radius 2 is 0.792 bits per heavy atom. The maximum absolute atomic E-state index is 13.7. The van der Waals surface area contributed by atoms with Gasteiger partial charge in [-0.05, 0) is 124 Å². The Balaban J connectivity index is 1.38. The number of hydrogen-bond donors (Lipinski definition) is 2. The molecule has 4 aromatic carbocycles. The van der Waals surface area contributed by atoms with E-state index in [1.807, 2.05) is 119 Å². The van der Waals surface area contributed by atoms with E-state index in [9.17, 15) is 9.59 Å². The zero-order valence-corrected chi connectivity index (χ0v) is 29.7. The molecule has 0 radical (unpaired) electrons. The fraction of sp³-hybridized carbons (Fsp3) is 0.381. The van der Waals surface area contributed by atoms with Gasteiger partial charge in [0.15, 0.2) is 0 Å².